The van der Waals surface area contributed by atoms with Crippen LogP contribution in [0.5, 0.6) is 0 Å². The molecule has 1 heterocycles. The Morgan fingerprint density at radius 1 is 0.955 bits per heavy atom. The van der Waals surface area contributed by atoms with Gasteiger partial charge in [-0.05, 0) is 33.1 Å². The van der Waals surface area contributed by atoms with Gasteiger partial charge in [0.15, 0.2) is 0 Å². The summed E-state index contributed by atoms with van der Waals surface area (Å²) in [6.07, 6.45) is 4.61. The largest absolute Gasteiger partial charge is 0.298 e. The number of ketones is 1. The molecule has 1 aliphatic rings. The van der Waals surface area contributed by atoms with Gasteiger partial charge < -0.3 is 0 Å². The van der Waals surface area contributed by atoms with Crippen molar-refractivity contribution >= 4 is 17.6 Å². The lowest BCUT2D eigenvalue weighted by Gasteiger charge is -2.42. The van der Waals surface area contributed by atoms with Gasteiger partial charge in [-0.25, -0.2) is 0 Å². The summed E-state index contributed by atoms with van der Waals surface area (Å²) >= 11 is 0. The molecule has 0 spiro atoms. The smallest absolute Gasteiger partial charge is 0.254 e. The molecule has 0 bridgehead atoms. The van der Waals surface area contributed by atoms with Crippen molar-refractivity contribution in [3.63, 3.8) is 0 Å². The zero-order chi connectivity index (χ0) is 17.3. The average molecular weight is 307 g/mol. The first-order valence-electron chi connectivity index (χ1n) is 8.02. The van der Waals surface area contributed by atoms with Crippen LogP contribution in [-0.4, -0.2) is 28.0 Å². The van der Waals surface area contributed by atoms with E-state index in [1.807, 2.05) is 48.5 Å². The van der Waals surface area contributed by atoms with Crippen LogP contribution in [-0.2, 0) is 14.4 Å². The standard InChI is InChI=1S/C18H29NO3/c1-8-18(7,9-2)15(22)16(3,4)12-17(5,6)19-13(20)10-11-14(19)21/h10-11H,8-9,12H2,1-7H3. The van der Waals surface area contributed by atoms with Crippen LogP contribution >= 0.6 is 0 Å². The molecule has 0 aromatic carbocycles. The molecule has 0 aromatic rings. The van der Waals surface area contributed by atoms with Crippen molar-refractivity contribution in [2.24, 2.45) is 10.8 Å². The zero-order valence-electron chi connectivity index (χ0n) is 14.9. The van der Waals surface area contributed by atoms with Gasteiger partial charge in [-0.3, -0.25) is 19.3 Å². The van der Waals surface area contributed by atoms with Gasteiger partial charge in [0.1, 0.15) is 5.78 Å². The van der Waals surface area contributed by atoms with E-state index in [1.54, 1.807) is 0 Å². The number of carbonyl (C=O) groups is 3. The summed E-state index contributed by atoms with van der Waals surface area (Å²) in [6, 6.07) is 0. The summed E-state index contributed by atoms with van der Waals surface area (Å²) < 4.78 is 0. The van der Waals surface area contributed by atoms with Crippen LogP contribution in [0.4, 0.5) is 0 Å². The lowest BCUT2D eigenvalue weighted by Crippen LogP contribution is -2.52. The maximum atomic E-state index is 13.0. The van der Waals surface area contributed by atoms with E-state index in [0.29, 0.717) is 6.42 Å². The summed E-state index contributed by atoms with van der Waals surface area (Å²) in [5, 5.41) is 0. The van der Waals surface area contributed by atoms with Crippen molar-refractivity contribution in [2.75, 3.05) is 0 Å². The van der Waals surface area contributed by atoms with Crippen LogP contribution in [0.2, 0.25) is 0 Å². The molecule has 0 fully saturated rings. The molecule has 1 aliphatic heterocycles. The number of hydrogen-bond acceptors (Lipinski definition) is 3. The second kappa shape index (κ2) is 5.98. The molecule has 0 N–H and O–H groups in total. The van der Waals surface area contributed by atoms with Crippen LogP contribution < -0.4 is 0 Å². The van der Waals surface area contributed by atoms with Crippen molar-refractivity contribution in [3.05, 3.63) is 12.2 Å². The molecule has 124 valence electrons. The van der Waals surface area contributed by atoms with Gasteiger partial charge in [0.25, 0.3) is 11.8 Å². The predicted molar refractivity (Wildman–Crippen MR) is 87.2 cm³/mol. The molecule has 4 heteroatoms. The quantitative estimate of drug-likeness (QED) is 0.676. The lowest BCUT2D eigenvalue weighted by atomic mass is 9.65. The third kappa shape index (κ3) is 3.31. The third-order valence-electron chi connectivity index (χ3n) is 5.01. The molecular weight excluding hydrogens is 278 g/mol. The lowest BCUT2D eigenvalue weighted by molar-refractivity contribution is -0.148. The maximum absolute atomic E-state index is 13.0. The molecule has 2 amide bonds. The van der Waals surface area contributed by atoms with E-state index in [1.165, 1.54) is 17.1 Å². The minimum absolute atomic E-state index is 0.199. The van der Waals surface area contributed by atoms with Gasteiger partial charge in [0.05, 0.1) is 0 Å². The summed E-state index contributed by atoms with van der Waals surface area (Å²) in [6.45, 7) is 13.6. The Kier molecular flexibility index (Phi) is 5.05. The van der Waals surface area contributed by atoms with E-state index in [-0.39, 0.29) is 23.0 Å². The zero-order valence-corrected chi connectivity index (χ0v) is 14.9. The maximum Gasteiger partial charge on any atom is 0.254 e. The van der Waals surface area contributed by atoms with E-state index in [2.05, 4.69) is 0 Å². The number of nitrogens with zero attached hydrogens (tertiary/aromatic N) is 1. The minimum atomic E-state index is -0.695. The molecule has 0 unspecified atom stereocenters. The first-order chi connectivity index (χ1) is 9.91. The molecule has 0 radical (unpaired) electrons. The van der Waals surface area contributed by atoms with Crippen LogP contribution in [0.3, 0.4) is 0 Å². The Bertz CT molecular complexity index is 492. The first kappa shape index (κ1) is 18.6. The molecule has 0 aliphatic carbocycles. The number of amides is 2. The van der Waals surface area contributed by atoms with E-state index >= 15 is 0 Å². The minimum Gasteiger partial charge on any atom is -0.298 e. The fourth-order valence-electron chi connectivity index (χ4n) is 3.63. The Labute approximate surface area is 133 Å². The number of imide groups is 1. The Morgan fingerprint density at radius 3 is 1.73 bits per heavy atom. The van der Waals surface area contributed by atoms with Gasteiger partial charge in [-0.1, -0.05) is 34.6 Å². The van der Waals surface area contributed by atoms with E-state index in [9.17, 15) is 14.4 Å². The molecule has 4 nitrogen and oxygen atoms in total. The monoisotopic (exact) mass is 307 g/mol. The molecule has 22 heavy (non-hydrogen) atoms. The number of carbonyl (C=O) groups excluding carboxylic acids is 3. The second-order valence-electron chi connectivity index (χ2n) is 7.82. The van der Waals surface area contributed by atoms with Gasteiger partial charge in [0.2, 0.25) is 0 Å². The highest BCUT2D eigenvalue weighted by atomic mass is 16.2. The fraction of sp³-hybridized carbons (Fsp3) is 0.722. The van der Waals surface area contributed by atoms with Crippen molar-refractivity contribution in [2.45, 2.75) is 73.3 Å². The predicted octanol–water partition coefficient (Wildman–Crippen LogP) is 3.50. The highest BCUT2D eigenvalue weighted by Gasteiger charge is 2.46. The molecular formula is C18H29NO3. The summed E-state index contributed by atoms with van der Waals surface area (Å²) in [5.74, 6) is -0.399. The average Bonchev–Trinajstić information content (AvgIpc) is 2.75. The van der Waals surface area contributed by atoms with Crippen LogP contribution in [0.15, 0.2) is 12.2 Å². The number of rotatable bonds is 7. The van der Waals surface area contributed by atoms with Crippen molar-refractivity contribution in [3.8, 4) is 0 Å². The summed E-state index contributed by atoms with van der Waals surface area (Å²) in [5.41, 5.74) is -1.66. The van der Waals surface area contributed by atoms with Gasteiger partial charge in [0, 0.05) is 28.5 Å². The van der Waals surface area contributed by atoms with Crippen molar-refractivity contribution < 1.29 is 14.4 Å². The van der Waals surface area contributed by atoms with Crippen LogP contribution in [0.1, 0.15) is 67.7 Å². The van der Waals surface area contributed by atoms with Gasteiger partial charge >= 0.3 is 0 Å². The van der Waals surface area contributed by atoms with Crippen molar-refractivity contribution in [1.82, 2.24) is 4.90 Å². The fourth-order valence-corrected chi connectivity index (χ4v) is 3.63. The Balaban J connectivity index is 3.03. The second-order valence-corrected chi connectivity index (χ2v) is 7.82. The molecule has 0 aromatic heterocycles. The molecule has 0 saturated carbocycles. The third-order valence-corrected chi connectivity index (χ3v) is 5.01. The van der Waals surface area contributed by atoms with Crippen molar-refractivity contribution in [1.29, 1.82) is 0 Å². The number of hydrogen-bond donors (Lipinski definition) is 0. The molecule has 1 rings (SSSR count). The Hall–Kier alpha value is -1.45. The van der Waals surface area contributed by atoms with E-state index < -0.39 is 11.0 Å². The highest BCUT2D eigenvalue weighted by molar-refractivity contribution is 6.13. The Morgan fingerprint density at radius 2 is 1.36 bits per heavy atom. The highest BCUT2D eigenvalue weighted by Crippen LogP contribution is 2.41. The van der Waals surface area contributed by atoms with Crippen LogP contribution in [0.25, 0.3) is 0 Å². The molecule has 0 saturated heterocycles. The SMILES string of the molecule is CCC(C)(CC)C(=O)C(C)(C)CC(C)(C)N1C(=O)C=CC1=O. The summed E-state index contributed by atoms with van der Waals surface area (Å²) in [7, 11) is 0. The van der Waals surface area contributed by atoms with Gasteiger partial charge in [-0.2, -0.15) is 0 Å². The van der Waals surface area contributed by atoms with E-state index in [0.717, 1.165) is 12.8 Å². The normalized spacial score (nSPS) is 16.6. The number of Topliss-reactive ketones (excluding diaryl/α,β-unsaturated/α-hetero) is 1. The van der Waals surface area contributed by atoms with Crippen LogP contribution in [0, 0.1) is 10.8 Å². The summed E-state index contributed by atoms with van der Waals surface area (Å²) in [4.78, 5) is 38.1. The first-order valence-corrected chi connectivity index (χ1v) is 8.02. The van der Waals surface area contributed by atoms with Gasteiger partial charge in [-0.15, -0.1) is 0 Å². The van der Waals surface area contributed by atoms with E-state index in [4.69, 9.17) is 0 Å². The molecule has 0 atom stereocenters. The topological polar surface area (TPSA) is 54.5 Å².